The highest BCUT2D eigenvalue weighted by molar-refractivity contribution is 5.95. The maximum absolute atomic E-state index is 14.1. The predicted molar refractivity (Wildman–Crippen MR) is 118 cm³/mol. The molecular formula is C25H26F2N4O. The first kappa shape index (κ1) is 20.8. The Bertz CT molecular complexity index is 1130. The fraction of sp³-hybridized carbons (Fsp3) is 0.360. The average molecular weight is 437 g/mol. The fourth-order valence-corrected chi connectivity index (χ4v) is 4.72. The standard InChI is InChI=1S/C25H26F2N4O/c1-16-13-28-31(18-10-11-30(15-18)14-17-6-3-2-4-7-17)24(16)29-25(32)21-12-20(21)19-8-5-9-22(26)23(19)27/h2-9,13,18,20-21H,10-12,14-15H2,1H3,(H,29,32)/t18-,20+,21+/m1/s1. The number of likely N-dealkylation sites (tertiary alicyclic amines) is 1. The summed E-state index contributed by atoms with van der Waals surface area (Å²) in [5, 5.41) is 7.56. The summed E-state index contributed by atoms with van der Waals surface area (Å²) in [6.07, 6.45) is 3.25. The van der Waals surface area contributed by atoms with Crippen molar-refractivity contribution in [2.45, 2.75) is 38.3 Å². The van der Waals surface area contributed by atoms with Crippen LogP contribution in [0.15, 0.2) is 54.7 Å². The van der Waals surface area contributed by atoms with E-state index in [0.717, 1.165) is 37.7 Å². The molecule has 3 aromatic rings. The predicted octanol–water partition coefficient (Wildman–Crippen LogP) is 4.66. The molecule has 0 unspecified atom stereocenters. The number of benzene rings is 2. The quantitative estimate of drug-likeness (QED) is 0.612. The van der Waals surface area contributed by atoms with Crippen LogP contribution in [0.3, 0.4) is 0 Å². The third-order valence-corrected chi connectivity index (χ3v) is 6.57. The van der Waals surface area contributed by atoms with Crippen LogP contribution < -0.4 is 5.32 Å². The van der Waals surface area contributed by atoms with E-state index in [4.69, 9.17) is 0 Å². The van der Waals surface area contributed by atoms with E-state index in [0.29, 0.717) is 12.2 Å². The van der Waals surface area contributed by atoms with Crippen molar-refractivity contribution < 1.29 is 13.6 Å². The lowest BCUT2D eigenvalue weighted by Crippen LogP contribution is -2.24. The van der Waals surface area contributed by atoms with Gasteiger partial charge in [0.05, 0.1) is 12.2 Å². The number of aromatic nitrogens is 2. The van der Waals surface area contributed by atoms with Gasteiger partial charge in [-0.15, -0.1) is 0 Å². The molecular weight excluding hydrogens is 410 g/mol. The van der Waals surface area contributed by atoms with Gasteiger partial charge >= 0.3 is 0 Å². The molecule has 1 saturated carbocycles. The molecule has 0 bridgehead atoms. The largest absolute Gasteiger partial charge is 0.310 e. The Balaban J connectivity index is 1.25. The van der Waals surface area contributed by atoms with Crippen molar-refractivity contribution in [1.82, 2.24) is 14.7 Å². The minimum absolute atomic E-state index is 0.164. The molecule has 32 heavy (non-hydrogen) atoms. The summed E-state index contributed by atoms with van der Waals surface area (Å²) >= 11 is 0. The number of rotatable bonds is 6. The zero-order chi connectivity index (χ0) is 22.2. The summed E-state index contributed by atoms with van der Waals surface area (Å²) in [6.45, 7) is 4.64. The van der Waals surface area contributed by atoms with Crippen LogP contribution in [0.5, 0.6) is 0 Å². The van der Waals surface area contributed by atoms with Gasteiger partial charge in [-0.3, -0.25) is 9.69 Å². The molecule has 1 aromatic heterocycles. The second-order valence-corrected chi connectivity index (χ2v) is 8.86. The van der Waals surface area contributed by atoms with E-state index in [1.165, 1.54) is 11.6 Å². The van der Waals surface area contributed by atoms with E-state index in [9.17, 15) is 13.6 Å². The van der Waals surface area contributed by atoms with Gasteiger partial charge in [0, 0.05) is 31.1 Å². The van der Waals surface area contributed by atoms with Crippen molar-refractivity contribution in [2.24, 2.45) is 5.92 Å². The Kier molecular flexibility index (Phi) is 5.51. The molecule has 2 fully saturated rings. The molecule has 0 spiro atoms. The van der Waals surface area contributed by atoms with Crippen molar-refractivity contribution in [3.05, 3.63) is 83.1 Å². The molecule has 5 nitrogen and oxygen atoms in total. The molecule has 1 amide bonds. The first-order valence-electron chi connectivity index (χ1n) is 11.1. The summed E-state index contributed by atoms with van der Waals surface area (Å²) in [5.74, 6) is -1.82. The maximum Gasteiger partial charge on any atom is 0.229 e. The monoisotopic (exact) mass is 436 g/mol. The van der Waals surface area contributed by atoms with Crippen LogP contribution in [0.4, 0.5) is 14.6 Å². The van der Waals surface area contributed by atoms with E-state index in [1.54, 1.807) is 12.3 Å². The minimum Gasteiger partial charge on any atom is -0.310 e. The van der Waals surface area contributed by atoms with E-state index in [2.05, 4.69) is 27.4 Å². The van der Waals surface area contributed by atoms with E-state index in [-0.39, 0.29) is 29.3 Å². The minimum atomic E-state index is -0.872. The van der Waals surface area contributed by atoms with E-state index in [1.807, 2.05) is 29.8 Å². The number of aryl methyl sites for hydroxylation is 1. The molecule has 1 N–H and O–H groups in total. The second-order valence-electron chi connectivity index (χ2n) is 8.86. The highest BCUT2D eigenvalue weighted by Gasteiger charge is 2.46. The number of nitrogens with zero attached hydrogens (tertiary/aromatic N) is 3. The summed E-state index contributed by atoms with van der Waals surface area (Å²) < 4.78 is 29.6. The summed E-state index contributed by atoms with van der Waals surface area (Å²) in [5.41, 5.74) is 2.46. The van der Waals surface area contributed by atoms with Gasteiger partial charge in [-0.05, 0) is 42.9 Å². The smallest absolute Gasteiger partial charge is 0.229 e. The van der Waals surface area contributed by atoms with Gasteiger partial charge in [0.1, 0.15) is 5.82 Å². The van der Waals surface area contributed by atoms with Gasteiger partial charge in [-0.1, -0.05) is 42.5 Å². The SMILES string of the molecule is Cc1cnn([C@@H]2CCN(Cc3ccccc3)C2)c1NC(=O)[C@H]1C[C@H]1c1cccc(F)c1F. The number of anilines is 1. The van der Waals surface area contributed by atoms with Gasteiger partial charge < -0.3 is 5.32 Å². The van der Waals surface area contributed by atoms with Gasteiger partial charge in [0.2, 0.25) is 5.91 Å². The van der Waals surface area contributed by atoms with Crippen LogP contribution in [0.1, 0.15) is 41.5 Å². The molecule has 2 heterocycles. The molecule has 166 valence electrons. The van der Waals surface area contributed by atoms with Gasteiger partial charge in [-0.2, -0.15) is 5.10 Å². The molecule has 1 aliphatic heterocycles. The number of carbonyl (C=O) groups is 1. The number of amides is 1. The topological polar surface area (TPSA) is 50.2 Å². The maximum atomic E-state index is 14.1. The number of hydrogen-bond acceptors (Lipinski definition) is 3. The Morgan fingerprint density at radius 3 is 2.78 bits per heavy atom. The van der Waals surface area contributed by atoms with E-state index < -0.39 is 11.6 Å². The average Bonchev–Trinajstić information content (AvgIpc) is 3.33. The lowest BCUT2D eigenvalue weighted by atomic mass is 10.1. The van der Waals surface area contributed by atoms with Crippen molar-refractivity contribution in [2.75, 3.05) is 18.4 Å². The molecule has 2 aromatic carbocycles. The molecule has 0 radical (unpaired) electrons. The van der Waals surface area contributed by atoms with Crippen molar-refractivity contribution in [1.29, 1.82) is 0 Å². The van der Waals surface area contributed by atoms with Crippen molar-refractivity contribution >= 4 is 11.7 Å². The highest BCUT2D eigenvalue weighted by atomic mass is 19.2. The number of carbonyl (C=O) groups excluding carboxylic acids is 1. The van der Waals surface area contributed by atoms with Crippen LogP contribution in [0, 0.1) is 24.5 Å². The Hall–Kier alpha value is -3.06. The lowest BCUT2D eigenvalue weighted by Gasteiger charge is -2.18. The molecule has 5 rings (SSSR count). The molecule has 2 aliphatic rings. The van der Waals surface area contributed by atoms with Crippen LogP contribution in [0.2, 0.25) is 0 Å². The Morgan fingerprint density at radius 2 is 1.97 bits per heavy atom. The molecule has 1 saturated heterocycles. The third-order valence-electron chi connectivity index (χ3n) is 6.57. The highest BCUT2D eigenvalue weighted by Crippen LogP contribution is 2.49. The molecule has 3 atom stereocenters. The van der Waals surface area contributed by atoms with Crippen LogP contribution in [-0.2, 0) is 11.3 Å². The van der Waals surface area contributed by atoms with Gasteiger partial charge in [0.15, 0.2) is 11.6 Å². The first-order chi connectivity index (χ1) is 15.5. The zero-order valence-corrected chi connectivity index (χ0v) is 18.0. The van der Waals surface area contributed by atoms with Gasteiger partial charge in [0.25, 0.3) is 0 Å². The van der Waals surface area contributed by atoms with Gasteiger partial charge in [-0.25, -0.2) is 13.5 Å². The first-order valence-corrected chi connectivity index (χ1v) is 11.1. The second kappa shape index (κ2) is 8.47. The fourth-order valence-electron chi connectivity index (χ4n) is 4.72. The number of nitrogens with one attached hydrogen (secondary N) is 1. The lowest BCUT2D eigenvalue weighted by molar-refractivity contribution is -0.117. The van der Waals surface area contributed by atoms with E-state index >= 15 is 0 Å². The zero-order valence-electron chi connectivity index (χ0n) is 18.0. The van der Waals surface area contributed by atoms with Crippen LogP contribution in [-0.4, -0.2) is 33.7 Å². The normalized spacial score (nSPS) is 22.8. The Labute approximate surface area is 186 Å². The number of halogens is 2. The number of hydrogen-bond donors (Lipinski definition) is 1. The third kappa shape index (κ3) is 4.05. The Morgan fingerprint density at radius 1 is 1.16 bits per heavy atom. The summed E-state index contributed by atoms with van der Waals surface area (Å²) in [6, 6.07) is 14.7. The van der Waals surface area contributed by atoms with Crippen molar-refractivity contribution in [3.8, 4) is 0 Å². The molecule has 1 aliphatic carbocycles. The molecule has 7 heteroatoms. The summed E-state index contributed by atoms with van der Waals surface area (Å²) in [7, 11) is 0. The summed E-state index contributed by atoms with van der Waals surface area (Å²) in [4.78, 5) is 15.3. The van der Waals surface area contributed by atoms with Crippen LogP contribution in [0.25, 0.3) is 0 Å². The van der Waals surface area contributed by atoms with Crippen molar-refractivity contribution in [3.63, 3.8) is 0 Å². The van der Waals surface area contributed by atoms with Crippen LogP contribution >= 0.6 is 0 Å².